The van der Waals surface area contributed by atoms with E-state index in [1.54, 1.807) is 19.3 Å². The summed E-state index contributed by atoms with van der Waals surface area (Å²) in [5.41, 5.74) is 0.919. The number of hydrogen-bond donors (Lipinski definition) is 1. The van der Waals surface area contributed by atoms with Crippen LogP contribution in [0.2, 0.25) is 0 Å². The standard InChI is InChI=1S/C17H23NO2/c1-20-16-10-6-5-9-15(16)11-12-17(19)18-13-14-7-3-2-4-8-14/h5-6,9-12,14H,2-4,7-8,13H2,1H3,(H,18,19)/b12-11+. The Morgan fingerprint density at radius 3 is 2.80 bits per heavy atom. The van der Waals surface area contributed by atoms with Gasteiger partial charge in [0.25, 0.3) is 0 Å². The van der Waals surface area contributed by atoms with E-state index in [2.05, 4.69) is 5.32 Å². The van der Waals surface area contributed by atoms with Crippen LogP contribution in [0.3, 0.4) is 0 Å². The van der Waals surface area contributed by atoms with Crippen LogP contribution in [-0.2, 0) is 4.79 Å². The molecule has 1 aliphatic rings. The van der Waals surface area contributed by atoms with Gasteiger partial charge in [0.1, 0.15) is 5.75 Å². The minimum absolute atomic E-state index is 0.0264. The van der Waals surface area contributed by atoms with Gasteiger partial charge in [0.15, 0.2) is 0 Å². The van der Waals surface area contributed by atoms with E-state index in [1.165, 1.54) is 32.1 Å². The van der Waals surface area contributed by atoms with E-state index < -0.39 is 0 Å². The Balaban J connectivity index is 1.82. The quantitative estimate of drug-likeness (QED) is 0.835. The number of amides is 1. The number of carbonyl (C=O) groups excluding carboxylic acids is 1. The molecule has 0 bridgehead atoms. The summed E-state index contributed by atoms with van der Waals surface area (Å²) in [5, 5.41) is 2.99. The SMILES string of the molecule is COc1ccccc1/C=C/C(=O)NCC1CCCCC1. The third-order valence-electron chi connectivity index (χ3n) is 3.84. The fraction of sp³-hybridized carbons (Fsp3) is 0.471. The molecule has 0 spiro atoms. The third-order valence-corrected chi connectivity index (χ3v) is 3.84. The fourth-order valence-corrected chi connectivity index (χ4v) is 2.66. The van der Waals surface area contributed by atoms with Gasteiger partial charge in [0, 0.05) is 18.2 Å². The minimum atomic E-state index is -0.0264. The van der Waals surface area contributed by atoms with Crippen molar-refractivity contribution in [1.29, 1.82) is 0 Å². The van der Waals surface area contributed by atoms with Crippen molar-refractivity contribution in [3.63, 3.8) is 0 Å². The average molecular weight is 273 g/mol. The van der Waals surface area contributed by atoms with Gasteiger partial charge in [0.2, 0.25) is 5.91 Å². The minimum Gasteiger partial charge on any atom is -0.496 e. The summed E-state index contributed by atoms with van der Waals surface area (Å²) in [7, 11) is 1.63. The van der Waals surface area contributed by atoms with E-state index in [1.807, 2.05) is 24.3 Å². The number of rotatable bonds is 5. The van der Waals surface area contributed by atoms with Gasteiger partial charge in [-0.3, -0.25) is 4.79 Å². The van der Waals surface area contributed by atoms with Gasteiger partial charge >= 0.3 is 0 Å². The molecule has 2 rings (SSSR count). The lowest BCUT2D eigenvalue weighted by atomic mass is 9.89. The lowest BCUT2D eigenvalue weighted by Crippen LogP contribution is -2.28. The van der Waals surface area contributed by atoms with Crippen LogP contribution in [-0.4, -0.2) is 19.6 Å². The highest BCUT2D eigenvalue weighted by molar-refractivity contribution is 5.92. The van der Waals surface area contributed by atoms with Crippen molar-refractivity contribution in [1.82, 2.24) is 5.32 Å². The van der Waals surface area contributed by atoms with Crippen molar-refractivity contribution in [2.45, 2.75) is 32.1 Å². The number of ether oxygens (including phenoxy) is 1. The summed E-state index contributed by atoms with van der Waals surface area (Å²) in [4.78, 5) is 11.8. The summed E-state index contributed by atoms with van der Waals surface area (Å²) < 4.78 is 5.25. The van der Waals surface area contributed by atoms with Crippen LogP contribution in [0.25, 0.3) is 6.08 Å². The Morgan fingerprint density at radius 1 is 1.30 bits per heavy atom. The summed E-state index contributed by atoms with van der Waals surface area (Å²) >= 11 is 0. The molecule has 1 aromatic carbocycles. The van der Waals surface area contributed by atoms with Crippen molar-refractivity contribution in [3.8, 4) is 5.75 Å². The van der Waals surface area contributed by atoms with Crippen molar-refractivity contribution >= 4 is 12.0 Å². The Bertz CT molecular complexity index is 462. The topological polar surface area (TPSA) is 38.3 Å². The van der Waals surface area contributed by atoms with E-state index in [9.17, 15) is 4.79 Å². The van der Waals surface area contributed by atoms with E-state index in [4.69, 9.17) is 4.74 Å². The molecule has 3 heteroatoms. The van der Waals surface area contributed by atoms with Gasteiger partial charge in [0.05, 0.1) is 7.11 Å². The van der Waals surface area contributed by atoms with Crippen molar-refractivity contribution in [2.24, 2.45) is 5.92 Å². The molecule has 0 atom stereocenters. The Hall–Kier alpha value is -1.77. The number of nitrogens with one attached hydrogen (secondary N) is 1. The van der Waals surface area contributed by atoms with Gasteiger partial charge < -0.3 is 10.1 Å². The largest absolute Gasteiger partial charge is 0.496 e. The van der Waals surface area contributed by atoms with E-state index >= 15 is 0 Å². The molecular weight excluding hydrogens is 250 g/mol. The molecule has 20 heavy (non-hydrogen) atoms. The maximum atomic E-state index is 11.8. The molecule has 0 saturated heterocycles. The molecule has 0 aromatic heterocycles. The van der Waals surface area contributed by atoms with Gasteiger partial charge in [-0.15, -0.1) is 0 Å². The zero-order chi connectivity index (χ0) is 14.2. The molecule has 108 valence electrons. The maximum Gasteiger partial charge on any atom is 0.244 e. The smallest absolute Gasteiger partial charge is 0.244 e. The van der Waals surface area contributed by atoms with E-state index in [0.29, 0.717) is 5.92 Å². The van der Waals surface area contributed by atoms with Crippen molar-refractivity contribution in [3.05, 3.63) is 35.9 Å². The second kappa shape index (κ2) is 7.73. The van der Waals surface area contributed by atoms with Crippen LogP contribution < -0.4 is 10.1 Å². The summed E-state index contributed by atoms with van der Waals surface area (Å²) in [5.74, 6) is 1.41. The molecule has 1 N–H and O–H groups in total. The molecule has 1 amide bonds. The first-order chi connectivity index (χ1) is 9.79. The zero-order valence-electron chi connectivity index (χ0n) is 12.1. The fourth-order valence-electron chi connectivity index (χ4n) is 2.66. The second-order valence-electron chi connectivity index (χ2n) is 5.32. The van der Waals surface area contributed by atoms with Crippen LogP contribution in [0.5, 0.6) is 5.75 Å². The van der Waals surface area contributed by atoms with Gasteiger partial charge in [-0.1, -0.05) is 37.5 Å². The Morgan fingerprint density at radius 2 is 2.05 bits per heavy atom. The number of methoxy groups -OCH3 is 1. The summed E-state index contributed by atoms with van der Waals surface area (Å²) in [6, 6.07) is 7.67. The second-order valence-corrected chi connectivity index (χ2v) is 5.32. The van der Waals surface area contributed by atoms with Gasteiger partial charge in [-0.05, 0) is 30.9 Å². The molecule has 1 aliphatic carbocycles. The summed E-state index contributed by atoms with van der Waals surface area (Å²) in [6.07, 6.45) is 9.83. The monoisotopic (exact) mass is 273 g/mol. The summed E-state index contributed by atoms with van der Waals surface area (Å²) in [6.45, 7) is 0.801. The number of para-hydroxylation sites is 1. The third kappa shape index (κ3) is 4.41. The van der Waals surface area contributed by atoms with E-state index in [0.717, 1.165) is 17.9 Å². The number of carbonyl (C=O) groups is 1. The van der Waals surface area contributed by atoms with Gasteiger partial charge in [-0.25, -0.2) is 0 Å². The lowest BCUT2D eigenvalue weighted by molar-refractivity contribution is -0.116. The highest BCUT2D eigenvalue weighted by Crippen LogP contribution is 2.22. The molecule has 1 fully saturated rings. The molecular formula is C17H23NO2. The predicted octanol–water partition coefficient (Wildman–Crippen LogP) is 3.40. The van der Waals surface area contributed by atoms with Gasteiger partial charge in [-0.2, -0.15) is 0 Å². The Labute approximate surface area is 121 Å². The van der Waals surface area contributed by atoms with Crippen molar-refractivity contribution in [2.75, 3.05) is 13.7 Å². The van der Waals surface area contributed by atoms with E-state index in [-0.39, 0.29) is 5.91 Å². The number of hydrogen-bond acceptors (Lipinski definition) is 2. The highest BCUT2D eigenvalue weighted by atomic mass is 16.5. The molecule has 1 aromatic rings. The lowest BCUT2D eigenvalue weighted by Gasteiger charge is -2.21. The predicted molar refractivity (Wildman–Crippen MR) is 81.6 cm³/mol. The van der Waals surface area contributed by atoms with Crippen LogP contribution in [0.4, 0.5) is 0 Å². The zero-order valence-corrected chi connectivity index (χ0v) is 12.1. The molecule has 0 heterocycles. The Kier molecular flexibility index (Phi) is 5.66. The van der Waals surface area contributed by atoms with Crippen LogP contribution in [0.15, 0.2) is 30.3 Å². The molecule has 0 aliphatic heterocycles. The first kappa shape index (κ1) is 14.6. The molecule has 3 nitrogen and oxygen atoms in total. The first-order valence-electron chi connectivity index (χ1n) is 7.38. The van der Waals surface area contributed by atoms with Crippen LogP contribution in [0.1, 0.15) is 37.7 Å². The normalized spacial score (nSPS) is 16.2. The molecule has 1 saturated carbocycles. The van der Waals surface area contributed by atoms with Crippen molar-refractivity contribution < 1.29 is 9.53 Å². The molecule has 0 radical (unpaired) electrons. The first-order valence-corrected chi connectivity index (χ1v) is 7.38. The highest BCUT2D eigenvalue weighted by Gasteiger charge is 2.13. The number of benzene rings is 1. The van der Waals surface area contributed by atoms with Crippen LogP contribution >= 0.6 is 0 Å². The average Bonchev–Trinajstić information content (AvgIpc) is 2.52. The molecule has 0 unspecified atom stereocenters. The van der Waals surface area contributed by atoms with Crippen LogP contribution in [0, 0.1) is 5.92 Å². The maximum absolute atomic E-state index is 11.8.